The van der Waals surface area contributed by atoms with Crippen molar-refractivity contribution in [1.82, 2.24) is 20.8 Å². The first-order valence-electron chi connectivity index (χ1n) is 8.19. The van der Waals surface area contributed by atoms with Gasteiger partial charge in [0.2, 0.25) is 17.7 Å². The molecule has 0 aliphatic heterocycles. The molecule has 0 aliphatic carbocycles. The second kappa shape index (κ2) is 8.08. The topological polar surface area (TPSA) is 97.1 Å². The fourth-order valence-corrected chi connectivity index (χ4v) is 2.59. The van der Waals surface area contributed by atoms with Gasteiger partial charge in [-0.25, -0.2) is 0 Å². The number of rotatable bonds is 8. The van der Waals surface area contributed by atoms with Crippen LogP contribution >= 0.6 is 0 Å². The third kappa shape index (κ3) is 4.53. The van der Waals surface area contributed by atoms with Crippen LogP contribution in [0.15, 0.2) is 4.52 Å². The first kappa shape index (κ1) is 19.1. The predicted octanol–water partition coefficient (Wildman–Crippen LogP) is 2.44. The van der Waals surface area contributed by atoms with Crippen LogP contribution in [0.5, 0.6) is 0 Å². The maximum atomic E-state index is 11.5. The summed E-state index contributed by atoms with van der Waals surface area (Å²) in [5, 5.41) is 9.88. The van der Waals surface area contributed by atoms with Crippen LogP contribution in [0, 0.1) is 5.92 Å². The summed E-state index contributed by atoms with van der Waals surface area (Å²) in [7, 11) is 0. The smallest absolute Gasteiger partial charge is 0.249 e. The molecule has 1 aromatic rings. The minimum absolute atomic E-state index is 0.139. The van der Waals surface area contributed by atoms with Gasteiger partial charge in [-0.15, -0.1) is 0 Å². The summed E-state index contributed by atoms with van der Waals surface area (Å²) in [6, 6.07) is -0.331. The highest BCUT2D eigenvalue weighted by Gasteiger charge is 2.36. The Morgan fingerprint density at radius 3 is 2.22 bits per heavy atom. The van der Waals surface area contributed by atoms with Gasteiger partial charge in [0.25, 0.3) is 0 Å². The molecule has 0 unspecified atom stereocenters. The largest absolute Gasteiger partial charge is 0.344 e. The molecule has 23 heavy (non-hydrogen) atoms. The molecule has 0 bridgehead atoms. The lowest BCUT2D eigenvalue weighted by Crippen LogP contribution is -2.45. The third-order valence-corrected chi connectivity index (χ3v) is 4.33. The molecule has 2 atom stereocenters. The number of aromatic nitrogens is 2. The highest BCUT2D eigenvalue weighted by atomic mass is 16.5. The Bertz CT molecular complexity index is 537. The average molecular weight is 324 g/mol. The number of carbonyl (C=O) groups is 2. The molecule has 7 heteroatoms. The lowest BCUT2D eigenvalue weighted by atomic mass is 9.91. The van der Waals surface area contributed by atoms with E-state index in [-0.39, 0.29) is 23.8 Å². The Morgan fingerprint density at radius 1 is 1.17 bits per heavy atom. The number of amides is 2. The van der Waals surface area contributed by atoms with Crippen molar-refractivity contribution >= 4 is 11.8 Å². The molecular formula is C16H28N4O3. The summed E-state index contributed by atoms with van der Waals surface area (Å²) >= 11 is 0. The van der Waals surface area contributed by atoms with Crippen LogP contribution < -0.4 is 10.6 Å². The van der Waals surface area contributed by atoms with E-state index in [1.165, 1.54) is 13.8 Å². The average Bonchev–Trinajstić information content (AvgIpc) is 2.99. The van der Waals surface area contributed by atoms with Crippen molar-refractivity contribution in [3.8, 4) is 0 Å². The zero-order valence-corrected chi connectivity index (χ0v) is 14.9. The molecule has 130 valence electrons. The molecule has 1 rings (SSSR count). The Kier molecular flexibility index (Phi) is 6.72. The molecule has 0 aromatic carbocycles. The summed E-state index contributed by atoms with van der Waals surface area (Å²) < 4.78 is 5.41. The van der Waals surface area contributed by atoms with Crippen LogP contribution in [-0.2, 0) is 15.1 Å². The van der Waals surface area contributed by atoms with Crippen molar-refractivity contribution in [2.75, 3.05) is 0 Å². The molecule has 0 saturated heterocycles. The lowest BCUT2D eigenvalue weighted by Gasteiger charge is -2.28. The summed E-state index contributed by atoms with van der Waals surface area (Å²) in [5.74, 6) is 0.702. The molecule has 0 aliphatic rings. The Morgan fingerprint density at radius 2 is 1.78 bits per heavy atom. The summed E-state index contributed by atoms with van der Waals surface area (Å²) in [5.41, 5.74) is -0.649. The molecule has 1 heterocycles. The maximum absolute atomic E-state index is 11.5. The van der Waals surface area contributed by atoms with E-state index in [1.54, 1.807) is 0 Å². The van der Waals surface area contributed by atoms with E-state index in [2.05, 4.69) is 20.8 Å². The fourth-order valence-electron chi connectivity index (χ4n) is 2.59. The zero-order chi connectivity index (χ0) is 17.6. The quantitative estimate of drug-likeness (QED) is 0.765. The van der Waals surface area contributed by atoms with Crippen molar-refractivity contribution in [3.05, 3.63) is 11.7 Å². The van der Waals surface area contributed by atoms with Crippen molar-refractivity contribution in [2.24, 2.45) is 5.92 Å². The van der Waals surface area contributed by atoms with Gasteiger partial charge in [-0.05, 0) is 18.8 Å². The number of nitrogens with one attached hydrogen (secondary N) is 2. The lowest BCUT2D eigenvalue weighted by molar-refractivity contribution is -0.121. The summed E-state index contributed by atoms with van der Waals surface area (Å²) in [6.45, 7) is 10.9. The van der Waals surface area contributed by atoms with Gasteiger partial charge in [0, 0.05) is 13.8 Å². The van der Waals surface area contributed by atoms with Crippen LogP contribution in [0.25, 0.3) is 0 Å². The molecule has 2 amide bonds. The summed E-state index contributed by atoms with van der Waals surface area (Å²) in [4.78, 5) is 27.5. The second-order valence-electron chi connectivity index (χ2n) is 5.99. The number of nitrogens with zero attached hydrogens (tertiary/aromatic N) is 2. The Balaban J connectivity index is 3.18. The normalized spacial score (nSPS) is 14.2. The van der Waals surface area contributed by atoms with Crippen LogP contribution in [0.3, 0.4) is 0 Å². The van der Waals surface area contributed by atoms with Gasteiger partial charge in [-0.1, -0.05) is 39.3 Å². The number of hydrogen-bond donors (Lipinski definition) is 2. The van der Waals surface area contributed by atoms with Crippen molar-refractivity contribution in [2.45, 2.75) is 72.4 Å². The van der Waals surface area contributed by atoms with Crippen molar-refractivity contribution < 1.29 is 14.1 Å². The van der Waals surface area contributed by atoms with Crippen molar-refractivity contribution in [1.29, 1.82) is 0 Å². The molecule has 2 N–H and O–H groups in total. The van der Waals surface area contributed by atoms with E-state index >= 15 is 0 Å². The molecule has 1 aromatic heterocycles. The maximum Gasteiger partial charge on any atom is 0.249 e. The van der Waals surface area contributed by atoms with E-state index in [0.717, 1.165) is 6.42 Å². The van der Waals surface area contributed by atoms with Gasteiger partial charge in [0.1, 0.15) is 11.6 Å². The highest BCUT2D eigenvalue weighted by molar-refractivity contribution is 5.74. The van der Waals surface area contributed by atoms with E-state index < -0.39 is 5.54 Å². The molecular weight excluding hydrogens is 296 g/mol. The van der Waals surface area contributed by atoms with Crippen LogP contribution in [0.1, 0.15) is 78.6 Å². The Labute approximate surface area is 137 Å². The summed E-state index contributed by atoms with van der Waals surface area (Å²) in [6.07, 6.45) is 2.16. The molecule has 0 spiro atoms. The first-order valence-corrected chi connectivity index (χ1v) is 8.19. The van der Waals surface area contributed by atoms with Gasteiger partial charge >= 0.3 is 0 Å². The molecule has 0 radical (unpaired) electrons. The molecule has 7 nitrogen and oxygen atoms in total. The van der Waals surface area contributed by atoms with E-state index in [4.69, 9.17) is 4.52 Å². The molecule has 0 saturated carbocycles. The first-order chi connectivity index (χ1) is 10.8. The van der Waals surface area contributed by atoms with Gasteiger partial charge in [-0.3, -0.25) is 9.59 Å². The third-order valence-electron chi connectivity index (χ3n) is 4.33. The minimum atomic E-state index is -0.649. The fraction of sp³-hybridized carbons (Fsp3) is 0.750. The number of hydrogen-bond acceptors (Lipinski definition) is 5. The van der Waals surface area contributed by atoms with Gasteiger partial charge in [0.15, 0.2) is 5.82 Å². The van der Waals surface area contributed by atoms with Crippen LogP contribution in [-0.4, -0.2) is 22.0 Å². The highest BCUT2D eigenvalue weighted by Crippen LogP contribution is 2.29. The van der Waals surface area contributed by atoms with Crippen LogP contribution in [0.4, 0.5) is 0 Å². The second-order valence-corrected chi connectivity index (χ2v) is 5.99. The standard InChI is InChI=1S/C16H28N4O3/c1-7-10(4)13(17-11(5)21)14-18-15(20-23-14)16(8-2,9-3)19-12(6)22/h10,13H,7-9H2,1-6H3,(H,17,21)(H,19,22)/t10-,13-/m0/s1. The zero-order valence-electron chi connectivity index (χ0n) is 14.9. The molecule has 0 fully saturated rings. The minimum Gasteiger partial charge on any atom is -0.344 e. The van der Waals surface area contributed by atoms with Gasteiger partial charge < -0.3 is 15.2 Å². The monoisotopic (exact) mass is 324 g/mol. The van der Waals surface area contributed by atoms with E-state index in [1.807, 2.05) is 27.7 Å². The SMILES string of the molecule is CC[C@H](C)[C@H](NC(C)=O)c1nc(C(CC)(CC)NC(C)=O)no1. The van der Waals surface area contributed by atoms with E-state index in [9.17, 15) is 9.59 Å². The van der Waals surface area contributed by atoms with Gasteiger partial charge in [-0.2, -0.15) is 4.98 Å². The van der Waals surface area contributed by atoms with Crippen LogP contribution in [0.2, 0.25) is 0 Å². The van der Waals surface area contributed by atoms with Gasteiger partial charge in [0.05, 0.1) is 0 Å². The number of carbonyl (C=O) groups excluding carboxylic acids is 2. The van der Waals surface area contributed by atoms with E-state index in [0.29, 0.717) is 24.6 Å². The Hall–Kier alpha value is -1.92. The predicted molar refractivity (Wildman–Crippen MR) is 86.4 cm³/mol. The van der Waals surface area contributed by atoms with Crippen molar-refractivity contribution in [3.63, 3.8) is 0 Å².